The Labute approximate surface area is 156 Å². The van der Waals surface area contributed by atoms with E-state index in [-0.39, 0.29) is 11.7 Å². The highest BCUT2D eigenvalue weighted by molar-refractivity contribution is 6.35. The molecule has 1 aromatic rings. The van der Waals surface area contributed by atoms with E-state index in [9.17, 15) is 4.79 Å². The molecule has 25 heavy (non-hydrogen) atoms. The Morgan fingerprint density at radius 1 is 1.40 bits per heavy atom. The van der Waals surface area contributed by atoms with Gasteiger partial charge in [-0.25, -0.2) is 0 Å². The number of Topliss-reactive ketones (excluding diaryl/α,β-unsaturated/α-hetero) is 1. The zero-order valence-electron chi connectivity index (χ0n) is 15.9. The molecule has 134 valence electrons. The Morgan fingerprint density at radius 2 is 2.04 bits per heavy atom. The van der Waals surface area contributed by atoms with E-state index < -0.39 is 0 Å². The van der Waals surface area contributed by atoms with E-state index in [2.05, 4.69) is 46.4 Å². The van der Waals surface area contributed by atoms with Gasteiger partial charge in [-0.15, -0.1) is 0 Å². The second-order valence-electron chi connectivity index (χ2n) is 7.22. The third kappa shape index (κ3) is 3.65. The lowest BCUT2D eigenvalue weighted by Gasteiger charge is -2.33. The molecule has 1 aromatic carbocycles. The molecule has 0 aliphatic heterocycles. The molecule has 0 spiro atoms. The number of nitrogens with two attached hydrogens (primary N) is 1. The summed E-state index contributed by atoms with van der Waals surface area (Å²) < 4.78 is 0. The molecule has 0 heterocycles. The fraction of sp³-hybridized carbons (Fsp3) is 0.409. The van der Waals surface area contributed by atoms with Crippen LogP contribution in [0.5, 0.6) is 0 Å². The Hall–Kier alpha value is -1.64. The number of hydrogen-bond donors (Lipinski definition) is 1. The van der Waals surface area contributed by atoms with E-state index in [1.165, 1.54) is 29.2 Å². The van der Waals surface area contributed by atoms with E-state index in [1.54, 1.807) is 6.08 Å². The van der Waals surface area contributed by atoms with Gasteiger partial charge in [0.25, 0.3) is 0 Å². The zero-order chi connectivity index (χ0) is 18.9. The molecule has 0 saturated heterocycles. The van der Waals surface area contributed by atoms with Crippen molar-refractivity contribution >= 4 is 23.0 Å². The number of ketones is 1. The molecular weight excluding hydrogens is 330 g/mol. The van der Waals surface area contributed by atoms with E-state index in [0.29, 0.717) is 23.1 Å². The molecular formula is C22H28ClNO. The number of hydrogen-bond acceptors (Lipinski definition) is 2. The van der Waals surface area contributed by atoms with Gasteiger partial charge in [-0.05, 0) is 72.4 Å². The molecule has 0 bridgehead atoms. The monoisotopic (exact) mass is 357 g/mol. The SMILES string of the molecule is C=C/C(C(C)=O)=C(/Cl)C1=C(C)c2cc(C)c(CN)cc2CC1C(C)C. The summed E-state index contributed by atoms with van der Waals surface area (Å²) in [5.41, 5.74) is 13.5. The van der Waals surface area contributed by atoms with E-state index in [1.807, 2.05) is 0 Å². The zero-order valence-corrected chi connectivity index (χ0v) is 16.6. The van der Waals surface area contributed by atoms with Gasteiger partial charge in [-0.3, -0.25) is 4.79 Å². The van der Waals surface area contributed by atoms with Gasteiger partial charge in [0, 0.05) is 12.1 Å². The number of benzene rings is 1. The molecule has 1 aliphatic rings. The van der Waals surface area contributed by atoms with Gasteiger partial charge in [-0.2, -0.15) is 0 Å². The first-order valence-corrected chi connectivity index (χ1v) is 9.17. The summed E-state index contributed by atoms with van der Waals surface area (Å²) >= 11 is 6.73. The van der Waals surface area contributed by atoms with Crippen LogP contribution in [0.15, 0.2) is 41.0 Å². The molecule has 3 heteroatoms. The van der Waals surface area contributed by atoms with Crippen LogP contribution in [0, 0.1) is 18.8 Å². The summed E-state index contributed by atoms with van der Waals surface area (Å²) in [7, 11) is 0. The van der Waals surface area contributed by atoms with Crippen LogP contribution in [-0.4, -0.2) is 5.78 Å². The number of fused-ring (bicyclic) bond motifs is 1. The van der Waals surface area contributed by atoms with Crippen LogP contribution < -0.4 is 5.73 Å². The topological polar surface area (TPSA) is 43.1 Å². The van der Waals surface area contributed by atoms with Gasteiger partial charge in [-0.1, -0.05) is 50.2 Å². The summed E-state index contributed by atoms with van der Waals surface area (Å²) in [6, 6.07) is 4.44. The van der Waals surface area contributed by atoms with Crippen LogP contribution in [0.3, 0.4) is 0 Å². The predicted molar refractivity (Wildman–Crippen MR) is 107 cm³/mol. The average molecular weight is 358 g/mol. The molecule has 1 unspecified atom stereocenters. The average Bonchev–Trinajstić information content (AvgIpc) is 2.54. The fourth-order valence-corrected chi connectivity index (χ4v) is 4.23. The van der Waals surface area contributed by atoms with E-state index in [0.717, 1.165) is 17.6 Å². The highest BCUT2D eigenvalue weighted by Gasteiger charge is 2.31. The number of halogens is 1. The molecule has 0 radical (unpaired) electrons. The maximum absolute atomic E-state index is 12.0. The lowest BCUT2D eigenvalue weighted by Crippen LogP contribution is -2.22. The van der Waals surface area contributed by atoms with Gasteiger partial charge < -0.3 is 5.73 Å². The molecule has 2 rings (SSSR count). The standard InChI is InChI=1S/C22H28ClNO/c1-7-18(15(6)25)22(23)21-14(5)20-8-13(4)17(11-24)9-16(20)10-19(21)12(2)3/h7-9,12,19H,1,10-11,24H2,2-6H3/b22-18-. The number of allylic oxidation sites excluding steroid dienone is 5. The smallest absolute Gasteiger partial charge is 0.161 e. The van der Waals surface area contributed by atoms with Crippen molar-refractivity contribution < 1.29 is 4.79 Å². The Morgan fingerprint density at radius 3 is 2.52 bits per heavy atom. The van der Waals surface area contributed by atoms with Crippen LogP contribution in [0.25, 0.3) is 5.57 Å². The second kappa shape index (κ2) is 7.72. The minimum Gasteiger partial charge on any atom is -0.326 e. The third-order valence-corrected chi connectivity index (χ3v) is 5.67. The second-order valence-corrected chi connectivity index (χ2v) is 7.60. The molecule has 0 aromatic heterocycles. The van der Waals surface area contributed by atoms with Crippen LogP contribution in [0.1, 0.15) is 49.9 Å². The highest BCUT2D eigenvalue weighted by atomic mass is 35.5. The van der Waals surface area contributed by atoms with E-state index >= 15 is 0 Å². The Balaban J connectivity index is 2.78. The number of aryl methyl sites for hydroxylation is 1. The van der Waals surface area contributed by atoms with Gasteiger partial charge in [0.2, 0.25) is 0 Å². The number of carbonyl (C=O) groups excluding carboxylic acids is 1. The lowest BCUT2D eigenvalue weighted by atomic mass is 9.73. The summed E-state index contributed by atoms with van der Waals surface area (Å²) in [6.45, 7) is 14.5. The molecule has 0 saturated carbocycles. The van der Waals surface area contributed by atoms with Gasteiger partial charge in [0.1, 0.15) is 0 Å². The predicted octanol–water partition coefficient (Wildman–Crippen LogP) is 5.32. The normalized spacial score (nSPS) is 18.2. The molecule has 1 aliphatic carbocycles. The van der Waals surface area contributed by atoms with Gasteiger partial charge in [0.15, 0.2) is 5.78 Å². The maximum atomic E-state index is 12.0. The quantitative estimate of drug-likeness (QED) is 0.572. The minimum atomic E-state index is -0.0525. The maximum Gasteiger partial charge on any atom is 0.161 e. The number of rotatable bonds is 5. The van der Waals surface area contributed by atoms with Crippen LogP contribution >= 0.6 is 11.6 Å². The van der Waals surface area contributed by atoms with Crippen molar-refractivity contribution in [1.29, 1.82) is 0 Å². The molecule has 2 nitrogen and oxygen atoms in total. The lowest BCUT2D eigenvalue weighted by molar-refractivity contribution is -0.113. The van der Waals surface area contributed by atoms with Crippen LogP contribution in [0.4, 0.5) is 0 Å². The highest BCUT2D eigenvalue weighted by Crippen LogP contribution is 2.44. The van der Waals surface area contributed by atoms with Crippen molar-refractivity contribution in [2.75, 3.05) is 0 Å². The van der Waals surface area contributed by atoms with Crippen LogP contribution in [-0.2, 0) is 17.8 Å². The first kappa shape index (κ1) is 19.7. The van der Waals surface area contributed by atoms with Crippen molar-refractivity contribution in [3.63, 3.8) is 0 Å². The van der Waals surface area contributed by atoms with Gasteiger partial charge in [0.05, 0.1) is 5.03 Å². The summed E-state index contributed by atoms with van der Waals surface area (Å²) in [6.07, 6.45) is 2.48. The van der Waals surface area contributed by atoms with Crippen molar-refractivity contribution in [2.24, 2.45) is 17.6 Å². The first-order valence-electron chi connectivity index (χ1n) is 8.80. The van der Waals surface area contributed by atoms with Crippen molar-refractivity contribution in [2.45, 2.75) is 47.6 Å². The minimum absolute atomic E-state index is 0.0525. The van der Waals surface area contributed by atoms with Crippen LogP contribution in [0.2, 0.25) is 0 Å². The first-order chi connectivity index (χ1) is 11.7. The Kier molecular flexibility index (Phi) is 6.08. The van der Waals surface area contributed by atoms with E-state index in [4.69, 9.17) is 17.3 Å². The molecule has 2 N–H and O–H groups in total. The molecule has 0 fully saturated rings. The van der Waals surface area contributed by atoms with Crippen molar-refractivity contribution in [3.8, 4) is 0 Å². The summed E-state index contributed by atoms with van der Waals surface area (Å²) in [4.78, 5) is 12.0. The van der Waals surface area contributed by atoms with Crippen molar-refractivity contribution in [1.82, 2.24) is 0 Å². The molecule has 1 atom stereocenters. The Bertz CT molecular complexity index is 783. The number of carbonyl (C=O) groups is 1. The summed E-state index contributed by atoms with van der Waals surface area (Å²) in [5, 5.41) is 0.546. The fourth-order valence-electron chi connectivity index (χ4n) is 3.73. The molecule has 0 amide bonds. The van der Waals surface area contributed by atoms with Gasteiger partial charge >= 0.3 is 0 Å². The van der Waals surface area contributed by atoms with Crippen molar-refractivity contribution in [3.05, 3.63) is 63.2 Å². The largest absolute Gasteiger partial charge is 0.326 e. The third-order valence-electron chi connectivity index (χ3n) is 5.26. The summed E-state index contributed by atoms with van der Waals surface area (Å²) in [5.74, 6) is 0.624.